The summed E-state index contributed by atoms with van der Waals surface area (Å²) in [7, 11) is 0. The lowest BCUT2D eigenvalue weighted by Crippen LogP contribution is -2.48. The molecule has 1 aromatic rings. The van der Waals surface area contributed by atoms with Crippen LogP contribution in [0.15, 0.2) is 12.3 Å². The van der Waals surface area contributed by atoms with E-state index in [4.69, 9.17) is 5.73 Å². The predicted octanol–water partition coefficient (Wildman–Crippen LogP) is 1.85. The molecular formula is C14H26N4. The first-order valence-corrected chi connectivity index (χ1v) is 7.21. The number of piperidine rings is 1. The van der Waals surface area contributed by atoms with Crippen LogP contribution >= 0.6 is 0 Å². The van der Waals surface area contributed by atoms with Crippen molar-refractivity contribution in [2.45, 2.75) is 52.2 Å². The van der Waals surface area contributed by atoms with Crippen molar-refractivity contribution in [3.05, 3.63) is 18.0 Å². The van der Waals surface area contributed by atoms with E-state index in [9.17, 15) is 0 Å². The second kappa shape index (κ2) is 6.34. The summed E-state index contributed by atoms with van der Waals surface area (Å²) in [5.41, 5.74) is 7.27. The van der Waals surface area contributed by atoms with Crippen LogP contribution in [0.2, 0.25) is 0 Å². The lowest BCUT2D eigenvalue weighted by molar-refractivity contribution is 0.0961. The van der Waals surface area contributed by atoms with E-state index in [1.54, 1.807) is 0 Å². The van der Waals surface area contributed by atoms with Crippen LogP contribution in [0.5, 0.6) is 0 Å². The zero-order chi connectivity index (χ0) is 13.0. The molecule has 2 rings (SSSR count). The molecule has 1 fully saturated rings. The number of rotatable bonds is 5. The normalized spacial score (nSPS) is 25.5. The topological polar surface area (TPSA) is 47.1 Å². The van der Waals surface area contributed by atoms with Crippen molar-refractivity contribution in [1.29, 1.82) is 0 Å². The molecule has 18 heavy (non-hydrogen) atoms. The first-order chi connectivity index (χ1) is 8.76. The molecule has 4 nitrogen and oxygen atoms in total. The van der Waals surface area contributed by atoms with Crippen LogP contribution in [0.3, 0.4) is 0 Å². The Hall–Kier alpha value is -0.870. The zero-order valence-corrected chi connectivity index (χ0v) is 11.7. The Morgan fingerprint density at radius 3 is 3.06 bits per heavy atom. The fourth-order valence-corrected chi connectivity index (χ4v) is 3.03. The largest absolute Gasteiger partial charge is 0.329 e. The van der Waals surface area contributed by atoms with Gasteiger partial charge in [-0.15, -0.1) is 0 Å². The Morgan fingerprint density at radius 1 is 1.50 bits per heavy atom. The van der Waals surface area contributed by atoms with Gasteiger partial charge in [-0.3, -0.25) is 9.58 Å². The molecule has 1 saturated heterocycles. The van der Waals surface area contributed by atoms with Gasteiger partial charge in [0.25, 0.3) is 0 Å². The second-order valence-corrected chi connectivity index (χ2v) is 5.44. The maximum absolute atomic E-state index is 5.95. The van der Waals surface area contributed by atoms with Gasteiger partial charge in [0, 0.05) is 31.9 Å². The van der Waals surface area contributed by atoms with Gasteiger partial charge < -0.3 is 5.73 Å². The summed E-state index contributed by atoms with van der Waals surface area (Å²) >= 11 is 0. The van der Waals surface area contributed by atoms with Crippen LogP contribution in [0.25, 0.3) is 0 Å². The smallest absolute Gasteiger partial charge is 0.0524 e. The lowest BCUT2D eigenvalue weighted by Gasteiger charge is -2.39. The van der Waals surface area contributed by atoms with Crippen molar-refractivity contribution in [2.24, 2.45) is 11.7 Å². The average Bonchev–Trinajstić information content (AvgIpc) is 2.78. The van der Waals surface area contributed by atoms with Crippen LogP contribution in [-0.4, -0.2) is 33.8 Å². The molecule has 2 atom stereocenters. The lowest BCUT2D eigenvalue weighted by atomic mass is 9.90. The first kappa shape index (κ1) is 13.6. The van der Waals surface area contributed by atoms with Crippen molar-refractivity contribution in [2.75, 3.05) is 13.1 Å². The summed E-state index contributed by atoms with van der Waals surface area (Å²) in [6.07, 6.45) is 5.65. The second-order valence-electron chi connectivity index (χ2n) is 5.44. The number of hydrogen-bond donors (Lipinski definition) is 1. The molecule has 0 aliphatic carbocycles. The van der Waals surface area contributed by atoms with Gasteiger partial charge in [0.2, 0.25) is 0 Å². The van der Waals surface area contributed by atoms with Crippen LogP contribution in [0.1, 0.15) is 38.8 Å². The van der Waals surface area contributed by atoms with Gasteiger partial charge in [-0.05, 0) is 37.8 Å². The number of likely N-dealkylation sites (tertiary alicyclic amines) is 1. The van der Waals surface area contributed by atoms with Gasteiger partial charge in [-0.2, -0.15) is 5.10 Å². The number of aromatic nitrogens is 2. The Labute approximate surface area is 110 Å². The van der Waals surface area contributed by atoms with Gasteiger partial charge in [0.15, 0.2) is 0 Å². The molecule has 2 N–H and O–H groups in total. The summed E-state index contributed by atoms with van der Waals surface area (Å²) in [5.74, 6) is 0.714. The van der Waals surface area contributed by atoms with Crippen LogP contribution < -0.4 is 5.73 Å². The molecule has 0 saturated carbocycles. The summed E-state index contributed by atoms with van der Waals surface area (Å²) in [4.78, 5) is 2.54. The molecule has 2 heterocycles. The fraction of sp³-hybridized carbons (Fsp3) is 0.786. The number of aryl methyl sites for hydroxylation is 1. The molecule has 0 radical (unpaired) electrons. The molecule has 0 aromatic carbocycles. The molecule has 1 aliphatic heterocycles. The van der Waals surface area contributed by atoms with Crippen molar-refractivity contribution in [3.63, 3.8) is 0 Å². The van der Waals surface area contributed by atoms with E-state index in [-0.39, 0.29) is 0 Å². The van der Waals surface area contributed by atoms with E-state index in [1.165, 1.54) is 25.1 Å². The van der Waals surface area contributed by atoms with Crippen molar-refractivity contribution in [1.82, 2.24) is 14.7 Å². The van der Waals surface area contributed by atoms with E-state index in [2.05, 4.69) is 34.6 Å². The molecule has 102 valence electrons. The standard InChI is InChI=1S/C14H26N4/c1-3-8-18-13(6-7-16-18)11-17-9-4-5-12(2)14(17)10-15/h6-7,12,14H,3-5,8-11,15H2,1-2H3. The summed E-state index contributed by atoms with van der Waals surface area (Å²) in [6.45, 7) is 8.46. The van der Waals surface area contributed by atoms with Crippen LogP contribution in [0.4, 0.5) is 0 Å². The average molecular weight is 250 g/mol. The minimum atomic E-state index is 0.531. The highest BCUT2D eigenvalue weighted by Gasteiger charge is 2.27. The van der Waals surface area contributed by atoms with E-state index in [0.29, 0.717) is 12.0 Å². The number of nitrogens with zero attached hydrogens (tertiary/aromatic N) is 3. The number of nitrogens with two attached hydrogens (primary N) is 1. The molecular weight excluding hydrogens is 224 g/mol. The zero-order valence-electron chi connectivity index (χ0n) is 11.7. The number of hydrogen-bond acceptors (Lipinski definition) is 3. The summed E-state index contributed by atoms with van der Waals surface area (Å²) in [5, 5.41) is 4.40. The molecule has 2 unspecified atom stereocenters. The van der Waals surface area contributed by atoms with E-state index >= 15 is 0 Å². The quantitative estimate of drug-likeness (QED) is 0.867. The van der Waals surface area contributed by atoms with Gasteiger partial charge in [0.1, 0.15) is 0 Å². The Kier molecular flexibility index (Phi) is 4.78. The fourth-order valence-electron chi connectivity index (χ4n) is 3.03. The molecule has 0 spiro atoms. The molecule has 1 aromatic heterocycles. The highest BCUT2D eigenvalue weighted by atomic mass is 15.3. The highest BCUT2D eigenvalue weighted by molar-refractivity contribution is 5.01. The SMILES string of the molecule is CCCn1nccc1CN1CCCC(C)C1CN. The van der Waals surface area contributed by atoms with Crippen molar-refractivity contribution in [3.8, 4) is 0 Å². The van der Waals surface area contributed by atoms with Crippen LogP contribution in [0, 0.1) is 5.92 Å². The molecule has 0 bridgehead atoms. The van der Waals surface area contributed by atoms with E-state index < -0.39 is 0 Å². The Balaban J connectivity index is 2.04. The maximum atomic E-state index is 5.95. The molecule has 1 aliphatic rings. The summed E-state index contributed by atoms with van der Waals surface area (Å²) < 4.78 is 2.13. The van der Waals surface area contributed by atoms with Gasteiger partial charge in [-0.25, -0.2) is 0 Å². The van der Waals surface area contributed by atoms with Crippen molar-refractivity contribution >= 4 is 0 Å². The summed E-state index contributed by atoms with van der Waals surface area (Å²) in [6, 6.07) is 2.67. The monoisotopic (exact) mass is 250 g/mol. The maximum Gasteiger partial charge on any atom is 0.0524 e. The molecule has 4 heteroatoms. The third kappa shape index (κ3) is 2.93. The van der Waals surface area contributed by atoms with Gasteiger partial charge >= 0.3 is 0 Å². The Bertz CT molecular complexity index is 360. The first-order valence-electron chi connectivity index (χ1n) is 7.21. The third-order valence-corrected chi connectivity index (χ3v) is 4.08. The van der Waals surface area contributed by atoms with E-state index in [0.717, 1.165) is 26.1 Å². The van der Waals surface area contributed by atoms with Crippen molar-refractivity contribution < 1.29 is 0 Å². The van der Waals surface area contributed by atoms with Crippen LogP contribution in [-0.2, 0) is 13.1 Å². The van der Waals surface area contributed by atoms with E-state index in [1.807, 2.05) is 6.20 Å². The predicted molar refractivity (Wildman–Crippen MR) is 74.2 cm³/mol. The Morgan fingerprint density at radius 2 is 2.33 bits per heavy atom. The van der Waals surface area contributed by atoms with Gasteiger partial charge in [0.05, 0.1) is 5.69 Å². The van der Waals surface area contributed by atoms with Gasteiger partial charge in [-0.1, -0.05) is 13.8 Å². The highest BCUT2D eigenvalue weighted by Crippen LogP contribution is 2.24. The third-order valence-electron chi connectivity index (χ3n) is 4.08. The minimum absolute atomic E-state index is 0.531. The minimum Gasteiger partial charge on any atom is -0.329 e. The molecule has 0 amide bonds.